The maximum atomic E-state index is 5.88. The van der Waals surface area contributed by atoms with Gasteiger partial charge in [-0.25, -0.2) is 0 Å². The highest BCUT2D eigenvalue weighted by molar-refractivity contribution is 8.02. The Bertz CT molecular complexity index is 653. The Morgan fingerprint density at radius 1 is 1.45 bits per heavy atom. The van der Waals surface area contributed by atoms with Crippen LogP contribution in [0.3, 0.4) is 0 Å². The van der Waals surface area contributed by atoms with Crippen molar-refractivity contribution in [1.29, 1.82) is 0 Å². The fourth-order valence-electron chi connectivity index (χ4n) is 2.58. The molecule has 3 heteroatoms. The molecule has 0 saturated carbocycles. The van der Waals surface area contributed by atoms with Crippen molar-refractivity contribution in [3.05, 3.63) is 70.9 Å². The van der Waals surface area contributed by atoms with Crippen LogP contribution in [-0.2, 0) is 0 Å². The lowest BCUT2D eigenvalue weighted by atomic mass is 10.0. The molecule has 1 heterocycles. The van der Waals surface area contributed by atoms with Crippen molar-refractivity contribution in [3.63, 3.8) is 0 Å². The smallest absolute Gasteiger partial charge is 0.0472 e. The first-order valence-corrected chi connectivity index (χ1v) is 8.74. The summed E-state index contributed by atoms with van der Waals surface area (Å²) in [7, 11) is 0. The van der Waals surface area contributed by atoms with Gasteiger partial charge in [-0.15, -0.1) is 11.8 Å². The SMILES string of the molecule is C=C(/C(=C/CC)SC)N1CC=C(c2cccc(N)c2)C=C1C. The van der Waals surface area contributed by atoms with E-state index in [2.05, 4.69) is 55.9 Å². The van der Waals surface area contributed by atoms with Crippen LogP contribution in [0, 0.1) is 0 Å². The quantitative estimate of drug-likeness (QED) is 0.610. The summed E-state index contributed by atoms with van der Waals surface area (Å²) in [6.45, 7) is 9.40. The molecule has 2 rings (SSSR count). The van der Waals surface area contributed by atoms with E-state index < -0.39 is 0 Å². The minimum absolute atomic E-state index is 0.798. The van der Waals surface area contributed by atoms with E-state index in [1.54, 1.807) is 11.8 Å². The Morgan fingerprint density at radius 2 is 2.23 bits per heavy atom. The highest BCUT2D eigenvalue weighted by Crippen LogP contribution is 2.31. The highest BCUT2D eigenvalue weighted by Gasteiger charge is 2.16. The molecule has 0 unspecified atom stereocenters. The largest absolute Gasteiger partial charge is 0.399 e. The summed E-state index contributed by atoms with van der Waals surface area (Å²) in [6.07, 6.45) is 9.79. The number of rotatable bonds is 5. The van der Waals surface area contributed by atoms with Crippen LogP contribution < -0.4 is 5.73 Å². The molecule has 0 aliphatic carbocycles. The molecule has 1 aromatic rings. The van der Waals surface area contributed by atoms with Crippen LogP contribution in [0.2, 0.25) is 0 Å². The molecule has 0 amide bonds. The molecule has 0 atom stereocenters. The first-order chi connectivity index (χ1) is 10.6. The zero-order valence-corrected chi connectivity index (χ0v) is 14.4. The first kappa shape index (κ1) is 16.5. The average Bonchev–Trinajstić information content (AvgIpc) is 2.52. The van der Waals surface area contributed by atoms with Crippen molar-refractivity contribution in [3.8, 4) is 0 Å². The minimum atomic E-state index is 0.798. The number of nitrogens with two attached hydrogens (primary N) is 1. The molecule has 2 nitrogen and oxygen atoms in total. The van der Waals surface area contributed by atoms with Crippen LogP contribution in [0.5, 0.6) is 0 Å². The Balaban J connectivity index is 2.21. The number of nitrogen functional groups attached to an aromatic ring is 1. The molecule has 116 valence electrons. The number of hydrogen-bond donors (Lipinski definition) is 1. The fourth-order valence-corrected chi connectivity index (χ4v) is 3.25. The van der Waals surface area contributed by atoms with Gasteiger partial charge in [-0.2, -0.15) is 0 Å². The Labute approximate surface area is 138 Å². The number of hydrogen-bond acceptors (Lipinski definition) is 3. The predicted molar refractivity (Wildman–Crippen MR) is 100 cm³/mol. The van der Waals surface area contributed by atoms with Crippen molar-refractivity contribution < 1.29 is 0 Å². The van der Waals surface area contributed by atoms with Crippen molar-refractivity contribution in [2.24, 2.45) is 0 Å². The summed E-state index contributed by atoms with van der Waals surface area (Å²) in [4.78, 5) is 3.50. The second-order valence-corrected chi connectivity index (χ2v) is 6.16. The van der Waals surface area contributed by atoms with Crippen molar-refractivity contribution in [2.75, 3.05) is 18.5 Å². The zero-order chi connectivity index (χ0) is 16.1. The molecule has 1 aliphatic rings. The second kappa shape index (κ2) is 7.41. The molecule has 1 aliphatic heterocycles. The number of allylic oxidation sites excluding steroid dienone is 4. The van der Waals surface area contributed by atoms with Gasteiger partial charge in [0.15, 0.2) is 0 Å². The van der Waals surface area contributed by atoms with Crippen molar-refractivity contribution in [1.82, 2.24) is 4.90 Å². The highest BCUT2D eigenvalue weighted by atomic mass is 32.2. The standard InChI is InChI=1S/C19H24N2S/c1-5-7-19(22-4)15(3)21-11-10-17(12-14(21)2)16-8-6-9-18(20)13-16/h6-10,12-13H,3,5,11,20H2,1-2,4H3/b19-7-. The Hall–Kier alpha value is -1.87. The summed E-state index contributed by atoms with van der Waals surface area (Å²) in [5.41, 5.74) is 11.4. The third kappa shape index (κ3) is 3.66. The third-order valence-electron chi connectivity index (χ3n) is 3.72. The molecule has 0 bridgehead atoms. The number of benzene rings is 1. The molecule has 0 fully saturated rings. The molecular formula is C19H24N2S. The van der Waals surface area contributed by atoms with Gasteiger partial charge in [0.25, 0.3) is 0 Å². The van der Waals surface area contributed by atoms with Gasteiger partial charge < -0.3 is 10.6 Å². The van der Waals surface area contributed by atoms with Crippen LogP contribution >= 0.6 is 11.8 Å². The zero-order valence-electron chi connectivity index (χ0n) is 13.6. The van der Waals surface area contributed by atoms with Gasteiger partial charge in [-0.05, 0) is 48.9 Å². The molecule has 2 N–H and O–H groups in total. The van der Waals surface area contributed by atoms with Gasteiger partial charge in [0, 0.05) is 28.5 Å². The van der Waals surface area contributed by atoms with Crippen molar-refractivity contribution in [2.45, 2.75) is 20.3 Å². The summed E-state index contributed by atoms with van der Waals surface area (Å²) in [5.74, 6) is 0. The van der Waals surface area contributed by atoms with E-state index in [9.17, 15) is 0 Å². The molecule has 0 aromatic heterocycles. The maximum absolute atomic E-state index is 5.88. The Kier molecular flexibility index (Phi) is 5.56. The van der Waals surface area contributed by atoms with Gasteiger partial charge in [-0.3, -0.25) is 0 Å². The van der Waals surface area contributed by atoms with Crippen LogP contribution in [-0.4, -0.2) is 17.7 Å². The topological polar surface area (TPSA) is 29.3 Å². The molecule has 22 heavy (non-hydrogen) atoms. The lowest BCUT2D eigenvalue weighted by Crippen LogP contribution is -2.24. The van der Waals surface area contributed by atoms with E-state index >= 15 is 0 Å². The average molecular weight is 312 g/mol. The third-order valence-corrected chi connectivity index (χ3v) is 4.57. The van der Waals surface area contributed by atoms with Crippen molar-refractivity contribution >= 4 is 23.0 Å². The van der Waals surface area contributed by atoms with E-state index in [0.29, 0.717) is 0 Å². The van der Waals surface area contributed by atoms with E-state index in [-0.39, 0.29) is 0 Å². The monoisotopic (exact) mass is 312 g/mol. The molecule has 0 saturated heterocycles. The van der Waals surface area contributed by atoms with E-state index in [1.807, 2.05) is 18.2 Å². The van der Waals surface area contributed by atoms with Gasteiger partial charge in [0.1, 0.15) is 0 Å². The van der Waals surface area contributed by atoms with E-state index in [1.165, 1.54) is 21.7 Å². The van der Waals surface area contributed by atoms with Gasteiger partial charge in [0.2, 0.25) is 0 Å². The van der Waals surface area contributed by atoms with Crippen LogP contribution in [0.4, 0.5) is 5.69 Å². The van der Waals surface area contributed by atoms with Gasteiger partial charge in [0.05, 0.1) is 0 Å². The summed E-state index contributed by atoms with van der Waals surface area (Å²) < 4.78 is 0. The minimum Gasteiger partial charge on any atom is -0.399 e. The molecular weight excluding hydrogens is 288 g/mol. The maximum Gasteiger partial charge on any atom is 0.0472 e. The molecule has 0 radical (unpaired) electrons. The van der Waals surface area contributed by atoms with Crippen LogP contribution in [0.25, 0.3) is 5.57 Å². The number of anilines is 1. The lowest BCUT2D eigenvalue weighted by Gasteiger charge is -2.30. The van der Waals surface area contributed by atoms with E-state index in [4.69, 9.17) is 5.73 Å². The molecule has 0 spiro atoms. The summed E-state index contributed by atoms with van der Waals surface area (Å²) in [5, 5.41) is 0. The van der Waals surface area contributed by atoms with E-state index in [0.717, 1.165) is 24.4 Å². The first-order valence-electron chi connectivity index (χ1n) is 7.52. The normalized spacial score (nSPS) is 15.4. The van der Waals surface area contributed by atoms with Gasteiger partial charge in [-0.1, -0.05) is 37.8 Å². The fraction of sp³-hybridized carbons (Fsp3) is 0.263. The molecule has 1 aromatic carbocycles. The number of nitrogens with zero attached hydrogens (tertiary/aromatic N) is 1. The Morgan fingerprint density at radius 3 is 2.82 bits per heavy atom. The predicted octanol–water partition coefficient (Wildman–Crippen LogP) is 5.04. The summed E-state index contributed by atoms with van der Waals surface area (Å²) in [6, 6.07) is 8.03. The second-order valence-electron chi connectivity index (χ2n) is 5.31. The van der Waals surface area contributed by atoms with Crippen LogP contribution in [0.1, 0.15) is 25.8 Å². The van der Waals surface area contributed by atoms with Gasteiger partial charge >= 0.3 is 0 Å². The summed E-state index contributed by atoms with van der Waals surface area (Å²) >= 11 is 1.75. The van der Waals surface area contributed by atoms with Crippen LogP contribution in [0.15, 0.2) is 65.4 Å². The lowest BCUT2D eigenvalue weighted by molar-refractivity contribution is 0.484. The number of thioether (sulfide) groups is 1.